The molecule has 2 unspecified atom stereocenters. The van der Waals surface area contributed by atoms with E-state index in [1.165, 1.54) is 19.3 Å². The van der Waals surface area contributed by atoms with Gasteiger partial charge in [0, 0.05) is 6.20 Å². The van der Waals surface area contributed by atoms with Gasteiger partial charge in [-0.1, -0.05) is 22.4 Å². The number of halogens is 1. The molecule has 3 heteroatoms. The van der Waals surface area contributed by atoms with Gasteiger partial charge in [0.1, 0.15) is 11.9 Å². The fourth-order valence-corrected chi connectivity index (χ4v) is 2.47. The van der Waals surface area contributed by atoms with Crippen LogP contribution in [-0.4, -0.2) is 15.9 Å². The molecule has 0 aromatic carbocycles. The number of alkyl halides is 1. The van der Waals surface area contributed by atoms with Gasteiger partial charge in [-0.15, -0.1) is 0 Å². The highest BCUT2D eigenvalue weighted by molar-refractivity contribution is 9.09. The molecule has 0 saturated heterocycles. The summed E-state index contributed by atoms with van der Waals surface area (Å²) in [6.07, 6.45) is 8.78. The minimum atomic E-state index is 0.313. The fourth-order valence-electron chi connectivity index (χ4n) is 1.78. The van der Waals surface area contributed by atoms with E-state index < -0.39 is 0 Å². The zero-order valence-electron chi connectivity index (χ0n) is 8.03. The molecule has 2 rings (SSSR count). The Labute approximate surface area is 92.8 Å². The SMILES string of the molecule is BrC1CCCCC1Oc1cccnc1. The summed E-state index contributed by atoms with van der Waals surface area (Å²) < 4.78 is 5.86. The maximum Gasteiger partial charge on any atom is 0.138 e. The van der Waals surface area contributed by atoms with Gasteiger partial charge in [-0.3, -0.25) is 4.98 Å². The Hall–Kier alpha value is -0.570. The lowest BCUT2D eigenvalue weighted by atomic mass is 9.97. The Morgan fingerprint density at radius 2 is 2.21 bits per heavy atom. The highest BCUT2D eigenvalue weighted by atomic mass is 79.9. The molecule has 1 aromatic heterocycles. The summed E-state index contributed by atoms with van der Waals surface area (Å²) in [6.45, 7) is 0. The van der Waals surface area contributed by atoms with Crippen molar-refractivity contribution in [1.29, 1.82) is 0 Å². The second-order valence-corrected chi connectivity index (χ2v) is 4.82. The molecule has 2 atom stereocenters. The van der Waals surface area contributed by atoms with Gasteiger partial charge in [-0.25, -0.2) is 0 Å². The number of ether oxygens (including phenoxy) is 1. The van der Waals surface area contributed by atoms with Gasteiger partial charge < -0.3 is 4.74 Å². The quantitative estimate of drug-likeness (QED) is 0.758. The first-order chi connectivity index (χ1) is 6.86. The van der Waals surface area contributed by atoms with Crippen LogP contribution in [0.25, 0.3) is 0 Å². The molecule has 1 fully saturated rings. The smallest absolute Gasteiger partial charge is 0.138 e. The van der Waals surface area contributed by atoms with Gasteiger partial charge in [0.2, 0.25) is 0 Å². The monoisotopic (exact) mass is 255 g/mol. The Morgan fingerprint density at radius 3 is 2.93 bits per heavy atom. The van der Waals surface area contributed by atoms with E-state index in [4.69, 9.17) is 4.74 Å². The Bertz CT molecular complexity index is 278. The molecule has 1 heterocycles. The van der Waals surface area contributed by atoms with E-state index in [2.05, 4.69) is 20.9 Å². The molecule has 1 aliphatic rings. The highest BCUT2D eigenvalue weighted by Crippen LogP contribution is 2.27. The van der Waals surface area contributed by atoms with Crippen molar-refractivity contribution in [3.8, 4) is 5.75 Å². The summed E-state index contributed by atoms with van der Waals surface area (Å²) in [5.41, 5.74) is 0. The van der Waals surface area contributed by atoms with Crippen molar-refractivity contribution in [2.24, 2.45) is 0 Å². The van der Waals surface area contributed by atoms with E-state index >= 15 is 0 Å². The summed E-state index contributed by atoms with van der Waals surface area (Å²) in [5.74, 6) is 0.879. The van der Waals surface area contributed by atoms with E-state index in [0.717, 1.165) is 12.2 Å². The van der Waals surface area contributed by atoms with Crippen molar-refractivity contribution in [3.05, 3.63) is 24.5 Å². The molecule has 0 radical (unpaired) electrons. The van der Waals surface area contributed by atoms with Crippen molar-refractivity contribution < 1.29 is 4.74 Å². The molecular weight excluding hydrogens is 242 g/mol. The molecule has 1 saturated carbocycles. The van der Waals surface area contributed by atoms with Crippen LogP contribution < -0.4 is 4.74 Å². The normalized spacial score (nSPS) is 27.2. The Balaban J connectivity index is 1.96. The third-order valence-corrected chi connectivity index (χ3v) is 3.59. The molecule has 0 aliphatic heterocycles. The summed E-state index contributed by atoms with van der Waals surface area (Å²) >= 11 is 3.67. The molecule has 0 bridgehead atoms. The van der Waals surface area contributed by atoms with Gasteiger partial charge in [0.25, 0.3) is 0 Å². The van der Waals surface area contributed by atoms with Crippen LogP contribution in [0.15, 0.2) is 24.5 Å². The zero-order valence-corrected chi connectivity index (χ0v) is 9.61. The zero-order chi connectivity index (χ0) is 9.80. The van der Waals surface area contributed by atoms with Crippen LogP contribution in [0.4, 0.5) is 0 Å². The van der Waals surface area contributed by atoms with Crippen molar-refractivity contribution >= 4 is 15.9 Å². The van der Waals surface area contributed by atoms with Gasteiger partial charge in [-0.2, -0.15) is 0 Å². The first-order valence-corrected chi connectivity index (χ1v) is 5.98. The third-order valence-electron chi connectivity index (χ3n) is 2.54. The number of pyridine rings is 1. The van der Waals surface area contributed by atoms with Crippen LogP contribution in [0.5, 0.6) is 5.75 Å². The van der Waals surface area contributed by atoms with E-state index in [0.29, 0.717) is 10.9 Å². The second kappa shape index (κ2) is 4.78. The van der Waals surface area contributed by atoms with E-state index in [9.17, 15) is 0 Å². The van der Waals surface area contributed by atoms with Crippen molar-refractivity contribution in [3.63, 3.8) is 0 Å². The number of hydrogen-bond donors (Lipinski definition) is 0. The number of nitrogens with zero attached hydrogens (tertiary/aromatic N) is 1. The molecule has 0 amide bonds. The number of hydrogen-bond acceptors (Lipinski definition) is 2. The van der Waals surface area contributed by atoms with Crippen LogP contribution in [-0.2, 0) is 0 Å². The lowest BCUT2D eigenvalue weighted by molar-refractivity contribution is 0.163. The van der Waals surface area contributed by atoms with Gasteiger partial charge in [0.05, 0.1) is 11.0 Å². The summed E-state index contributed by atoms with van der Waals surface area (Å²) in [7, 11) is 0. The lowest BCUT2D eigenvalue weighted by Crippen LogP contribution is -2.30. The van der Waals surface area contributed by atoms with E-state index in [-0.39, 0.29) is 0 Å². The van der Waals surface area contributed by atoms with Crippen LogP contribution in [0.2, 0.25) is 0 Å². The van der Waals surface area contributed by atoms with Crippen LogP contribution in [0, 0.1) is 0 Å². The lowest BCUT2D eigenvalue weighted by Gasteiger charge is -2.27. The van der Waals surface area contributed by atoms with E-state index in [1.807, 2.05) is 12.1 Å². The van der Waals surface area contributed by atoms with Gasteiger partial charge in [-0.05, 0) is 31.4 Å². The minimum Gasteiger partial charge on any atom is -0.488 e. The molecule has 14 heavy (non-hydrogen) atoms. The highest BCUT2D eigenvalue weighted by Gasteiger charge is 2.24. The molecule has 0 N–H and O–H groups in total. The average molecular weight is 256 g/mol. The maximum atomic E-state index is 5.86. The summed E-state index contributed by atoms with van der Waals surface area (Å²) in [5, 5.41) is 0. The molecule has 1 aromatic rings. The van der Waals surface area contributed by atoms with Gasteiger partial charge >= 0.3 is 0 Å². The standard InChI is InChI=1S/C11H14BrNO/c12-10-5-1-2-6-11(10)14-9-4-3-7-13-8-9/h3-4,7-8,10-11H,1-2,5-6H2. The second-order valence-electron chi connectivity index (χ2n) is 3.65. The topological polar surface area (TPSA) is 22.1 Å². The van der Waals surface area contributed by atoms with Crippen LogP contribution >= 0.6 is 15.9 Å². The Kier molecular flexibility index (Phi) is 3.40. The van der Waals surface area contributed by atoms with E-state index in [1.54, 1.807) is 12.4 Å². The molecule has 1 aliphatic carbocycles. The molecule has 0 spiro atoms. The predicted octanol–water partition coefficient (Wildman–Crippen LogP) is 3.17. The fraction of sp³-hybridized carbons (Fsp3) is 0.545. The predicted molar refractivity (Wildman–Crippen MR) is 59.8 cm³/mol. The molecule has 2 nitrogen and oxygen atoms in total. The average Bonchev–Trinajstić information content (AvgIpc) is 2.23. The van der Waals surface area contributed by atoms with Crippen molar-refractivity contribution in [2.45, 2.75) is 36.6 Å². The number of aromatic nitrogens is 1. The summed E-state index contributed by atoms with van der Waals surface area (Å²) in [4.78, 5) is 4.53. The van der Waals surface area contributed by atoms with Crippen molar-refractivity contribution in [1.82, 2.24) is 4.98 Å². The van der Waals surface area contributed by atoms with Crippen molar-refractivity contribution in [2.75, 3.05) is 0 Å². The number of rotatable bonds is 2. The summed E-state index contributed by atoms with van der Waals surface area (Å²) in [6, 6.07) is 3.86. The largest absolute Gasteiger partial charge is 0.488 e. The first-order valence-electron chi connectivity index (χ1n) is 5.07. The first kappa shape index (κ1) is 9.97. The van der Waals surface area contributed by atoms with Gasteiger partial charge in [0.15, 0.2) is 0 Å². The minimum absolute atomic E-state index is 0.313. The van der Waals surface area contributed by atoms with Crippen LogP contribution in [0.3, 0.4) is 0 Å². The molecular formula is C11H14BrNO. The maximum absolute atomic E-state index is 5.86. The third kappa shape index (κ3) is 2.47. The Morgan fingerprint density at radius 1 is 1.36 bits per heavy atom. The molecule has 76 valence electrons. The van der Waals surface area contributed by atoms with Crippen LogP contribution in [0.1, 0.15) is 25.7 Å².